The van der Waals surface area contributed by atoms with Gasteiger partial charge in [-0.25, -0.2) is 0 Å². The van der Waals surface area contributed by atoms with Crippen LogP contribution in [0.2, 0.25) is 10.0 Å². The highest BCUT2D eigenvalue weighted by molar-refractivity contribution is 7.03. The number of ketones is 1. The molecule has 0 fully saturated rings. The molecule has 0 atom stereocenters. The molecule has 0 unspecified atom stereocenters. The Morgan fingerprint density at radius 2 is 2.21 bits per heavy atom. The zero-order valence-corrected chi connectivity index (χ0v) is 11.7. The number of fused-ring (bicyclic) bond motifs is 1. The van der Waals surface area contributed by atoms with Crippen molar-refractivity contribution in [3.63, 3.8) is 0 Å². The molecule has 0 radical (unpaired) electrons. The van der Waals surface area contributed by atoms with Crippen LogP contribution in [0.3, 0.4) is 0 Å². The number of hydrogen-bond donors (Lipinski definition) is 0. The Balaban J connectivity index is 2.04. The predicted molar refractivity (Wildman–Crippen MR) is 74.2 cm³/mol. The lowest BCUT2D eigenvalue weighted by Crippen LogP contribution is -2.19. The van der Waals surface area contributed by atoms with Gasteiger partial charge < -0.3 is 4.74 Å². The molecule has 0 aliphatic carbocycles. The van der Waals surface area contributed by atoms with Gasteiger partial charge in [-0.2, -0.15) is 0 Å². The summed E-state index contributed by atoms with van der Waals surface area (Å²) in [6.45, 7) is 0.142. The number of hydrogen-bond acceptors (Lipinski definition) is 5. The number of nitrogens with zero attached hydrogens (tertiary/aromatic N) is 2. The second-order valence-corrected chi connectivity index (χ2v) is 5.25. The minimum Gasteiger partial charge on any atom is -0.486 e. The van der Waals surface area contributed by atoms with Crippen LogP contribution in [-0.2, 0) is 0 Å². The van der Waals surface area contributed by atoms with Crippen molar-refractivity contribution in [3.8, 4) is 5.75 Å². The summed E-state index contributed by atoms with van der Waals surface area (Å²) in [5.41, 5.74) is 1.56. The Kier molecular flexibility index (Phi) is 3.26. The van der Waals surface area contributed by atoms with Crippen LogP contribution in [-0.4, -0.2) is 22.0 Å². The van der Waals surface area contributed by atoms with Gasteiger partial charge in [0, 0.05) is 11.0 Å². The van der Waals surface area contributed by atoms with Crippen molar-refractivity contribution in [2.24, 2.45) is 0 Å². The maximum atomic E-state index is 12.3. The van der Waals surface area contributed by atoms with E-state index in [4.69, 9.17) is 27.9 Å². The topological polar surface area (TPSA) is 52.1 Å². The van der Waals surface area contributed by atoms with Gasteiger partial charge in [-0.05, 0) is 29.7 Å². The van der Waals surface area contributed by atoms with Gasteiger partial charge in [-0.1, -0.05) is 27.7 Å². The Hall–Kier alpha value is -1.43. The second-order valence-electron chi connectivity index (χ2n) is 3.86. The van der Waals surface area contributed by atoms with E-state index in [1.54, 1.807) is 23.6 Å². The third-order valence-corrected chi connectivity index (χ3v) is 3.97. The molecule has 1 aliphatic rings. The molecular formula is C12H6Cl2N2O2S. The molecule has 7 heteroatoms. The molecule has 2 aromatic rings. The molecule has 0 saturated heterocycles. The molecule has 0 amide bonds. The van der Waals surface area contributed by atoms with Gasteiger partial charge in [0.1, 0.15) is 11.6 Å². The summed E-state index contributed by atoms with van der Waals surface area (Å²) >= 11 is 13.1. The molecule has 0 spiro atoms. The van der Waals surface area contributed by atoms with Gasteiger partial charge in [-0.15, -0.1) is 5.10 Å². The normalized spacial score (nSPS) is 16.3. The zero-order valence-electron chi connectivity index (χ0n) is 9.39. The first-order valence-electron chi connectivity index (χ1n) is 5.30. The van der Waals surface area contributed by atoms with E-state index in [9.17, 15) is 4.79 Å². The molecule has 96 valence electrons. The Bertz CT molecular complexity index is 683. The van der Waals surface area contributed by atoms with Crippen molar-refractivity contribution in [2.75, 3.05) is 6.61 Å². The van der Waals surface area contributed by atoms with Crippen LogP contribution in [0, 0.1) is 0 Å². The van der Waals surface area contributed by atoms with Crippen LogP contribution >= 0.6 is 34.7 Å². The van der Waals surface area contributed by atoms with Crippen molar-refractivity contribution < 1.29 is 9.53 Å². The molecule has 1 aromatic carbocycles. The number of aromatic nitrogens is 2. The second kappa shape index (κ2) is 4.92. The maximum Gasteiger partial charge on any atom is 0.196 e. The summed E-state index contributed by atoms with van der Waals surface area (Å²) < 4.78 is 9.26. The highest BCUT2D eigenvalue weighted by Crippen LogP contribution is 2.38. The minimum atomic E-state index is -0.132. The van der Waals surface area contributed by atoms with Crippen molar-refractivity contribution in [1.82, 2.24) is 9.59 Å². The van der Waals surface area contributed by atoms with Gasteiger partial charge >= 0.3 is 0 Å². The molecule has 2 heterocycles. The number of benzene rings is 1. The average molecular weight is 313 g/mol. The van der Waals surface area contributed by atoms with E-state index in [0.717, 1.165) is 0 Å². The molecule has 0 bridgehead atoms. The van der Waals surface area contributed by atoms with Gasteiger partial charge in [0.25, 0.3) is 0 Å². The number of halogens is 2. The van der Waals surface area contributed by atoms with Gasteiger partial charge in [0.2, 0.25) is 0 Å². The van der Waals surface area contributed by atoms with E-state index in [2.05, 4.69) is 9.59 Å². The predicted octanol–water partition coefficient (Wildman–Crippen LogP) is 3.50. The Morgan fingerprint density at radius 1 is 1.37 bits per heavy atom. The van der Waals surface area contributed by atoms with Crippen LogP contribution < -0.4 is 4.74 Å². The molecule has 1 aromatic heterocycles. The molecule has 3 rings (SSSR count). The lowest BCUT2D eigenvalue weighted by molar-refractivity contribution is 0.100. The molecule has 4 nitrogen and oxygen atoms in total. The number of carbonyl (C=O) groups is 1. The first-order valence-corrected chi connectivity index (χ1v) is 6.89. The SMILES string of the molecule is O=C1C(=Cc2csnn2)COc2c1ccc(Cl)c2Cl. The Labute approximate surface area is 122 Å². The fraction of sp³-hybridized carbons (Fsp3) is 0.0833. The van der Waals surface area contributed by atoms with Crippen molar-refractivity contribution in [3.05, 3.63) is 44.4 Å². The van der Waals surface area contributed by atoms with Gasteiger partial charge in [-0.3, -0.25) is 4.79 Å². The van der Waals surface area contributed by atoms with Crippen LogP contribution in [0.4, 0.5) is 0 Å². The van der Waals surface area contributed by atoms with Gasteiger partial charge in [0.05, 0.1) is 16.3 Å². The fourth-order valence-corrected chi connectivity index (χ4v) is 2.54. The lowest BCUT2D eigenvalue weighted by atomic mass is 10.00. The van der Waals surface area contributed by atoms with Crippen LogP contribution in [0.5, 0.6) is 5.75 Å². The standard InChI is InChI=1S/C12H6Cl2N2O2S/c13-9-2-1-8-11(17)6(3-7-5-19-16-15-7)4-18-12(8)10(9)14/h1-3,5H,4H2. The molecule has 0 N–H and O–H groups in total. The largest absolute Gasteiger partial charge is 0.486 e. The number of carbonyl (C=O) groups excluding carboxylic acids is 1. The summed E-state index contributed by atoms with van der Waals surface area (Å²) in [5, 5.41) is 6.25. The van der Waals surface area contributed by atoms with E-state index >= 15 is 0 Å². The Morgan fingerprint density at radius 3 is 2.95 bits per heavy atom. The zero-order chi connectivity index (χ0) is 13.4. The summed E-state index contributed by atoms with van der Waals surface area (Å²) in [6.07, 6.45) is 1.66. The van der Waals surface area contributed by atoms with Crippen molar-refractivity contribution >= 4 is 46.6 Å². The highest BCUT2D eigenvalue weighted by Gasteiger charge is 2.26. The lowest BCUT2D eigenvalue weighted by Gasteiger charge is -2.20. The number of rotatable bonds is 1. The smallest absolute Gasteiger partial charge is 0.196 e. The molecular weight excluding hydrogens is 307 g/mol. The third-order valence-electron chi connectivity index (χ3n) is 2.66. The first kappa shape index (κ1) is 12.6. The number of ether oxygens (including phenoxy) is 1. The third kappa shape index (κ3) is 2.25. The van der Waals surface area contributed by atoms with E-state index in [1.165, 1.54) is 11.5 Å². The average Bonchev–Trinajstić information content (AvgIpc) is 2.90. The summed E-state index contributed by atoms with van der Waals surface area (Å²) in [6, 6.07) is 3.19. The van der Waals surface area contributed by atoms with E-state index in [0.29, 0.717) is 27.6 Å². The van der Waals surface area contributed by atoms with E-state index in [1.807, 2.05) is 0 Å². The summed E-state index contributed by atoms with van der Waals surface area (Å²) in [7, 11) is 0. The van der Waals surface area contributed by atoms with Crippen LogP contribution in [0.15, 0.2) is 23.1 Å². The van der Waals surface area contributed by atoms with Crippen molar-refractivity contribution in [1.29, 1.82) is 0 Å². The van der Waals surface area contributed by atoms with Crippen LogP contribution in [0.25, 0.3) is 6.08 Å². The highest BCUT2D eigenvalue weighted by atomic mass is 35.5. The maximum absolute atomic E-state index is 12.3. The molecule has 0 saturated carbocycles. The molecule has 19 heavy (non-hydrogen) atoms. The monoisotopic (exact) mass is 312 g/mol. The minimum absolute atomic E-state index is 0.132. The van der Waals surface area contributed by atoms with E-state index in [-0.39, 0.29) is 17.4 Å². The van der Waals surface area contributed by atoms with E-state index < -0.39 is 0 Å². The first-order chi connectivity index (χ1) is 9.16. The summed E-state index contributed by atoms with van der Waals surface area (Å²) in [4.78, 5) is 12.3. The van der Waals surface area contributed by atoms with Gasteiger partial charge in [0.15, 0.2) is 11.5 Å². The number of Topliss-reactive ketones (excluding diaryl/α,β-unsaturated/α-hetero) is 1. The van der Waals surface area contributed by atoms with Crippen LogP contribution in [0.1, 0.15) is 16.1 Å². The fourth-order valence-electron chi connectivity index (χ4n) is 1.76. The molecule has 1 aliphatic heterocycles. The van der Waals surface area contributed by atoms with Crippen molar-refractivity contribution in [2.45, 2.75) is 0 Å². The summed E-state index contributed by atoms with van der Waals surface area (Å²) in [5.74, 6) is 0.209. The quantitative estimate of drug-likeness (QED) is 0.756.